The molecule has 0 bridgehead atoms. The van der Waals surface area contributed by atoms with Crippen LogP contribution in [0.4, 0.5) is 5.95 Å². The third kappa shape index (κ3) is 2.43. The molecule has 0 amide bonds. The number of hydrogen-bond donors (Lipinski definition) is 4. The second kappa shape index (κ2) is 4.94. The average Bonchev–Trinajstić information content (AvgIpc) is 2.80. The minimum absolute atomic E-state index is 0.117. The summed E-state index contributed by atoms with van der Waals surface area (Å²) in [7, 11) is 0. The standard InChI is InChI=1S/C14H21N5O/c1-9-11-10(7-16-12(11)20)19-13(18-9)17-8-14(15)5-3-2-4-6-14/h7,16,20H,2-6,8,15H2,1H3,(H,17,19). The molecule has 2 aromatic rings. The normalized spacial score (nSPS) is 18.3. The van der Waals surface area contributed by atoms with Crippen LogP contribution in [-0.2, 0) is 0 Å². The third-order valence-corrected chi connectivity index (χ3v) is 4.15. The summed E-state index contributed by atoms with van der Waals surface area (Å²) in [5, 5.41) is 13.6. The van der Waals surface area contributed by atoms with E-state index in [4.69, 9.17) is 5.73 Å². The van der Waals surface area contributed by atoms with Crippen LogP contribution in [0.5, 0.6) is 5.88 Å². The molecule has 1 fully saturated rings. The fourth-order valence-corrected chi connectivity index (χ4v) is 2.97. The summed E-state index contributed by atoms with van der Waals surface area (Å²) in [6, 6.07) is 0. The Balaban J connectivity index is 1.77. The van der Waals surface area contributed by atoms with Crippen molar-refractivity contribution >= 4 is 16.9 Å². The van der Waals surface area contributed by atoms with Crippen LogP contribution in [0.3, 0.4) is 0 Å². The molecule has 0 radical (unpaired) electrons. The zero-order valence-electron chi connectivity index (χ0n) is 11.7. The van der Waals surface area contributed by atoms with Gasteiger partial charge in [-0.25, -0.2) is 9.97 Å². The minimum Gasteiger partial charge on any atom is -0.494 e. The SMILES string of the molecule is Cc1nc(NCC2(N)CCCCC2)nc2c[nH]c(O)c12. The number of aromatic hydroxyl groups is 1. The number of nitrogens with zero attached hydrogens (tertiary/aromatic N) is 2. The van der Waals surface area contributed by atoms with Gasteiger partial charge in [-0.2, -0.15) is 0 Å². The molecule has 0 unspecified atom stereocenters. The molecule has 0 saturated heterocycles. The van der Waals surface area contributed by atoms with Gasteiger partial charge in [-0.1, -0.05) is 19.3 Å². The van der Waals surface area contributed by atoms with E-state index in [1.54, 1.807) is 6.20 Å². The molecule has 0 aromatic carbocycles. The second-order valence-electron chi connectivity index (χ2n) is 5.81. The molecule has 6 heteroatoms. The molecule has 1 aliphatic rings. The van der Waals surface area contributed by atoms with Gasteiger partial charge >= 0.3 is 0 Å². The maximum atomic E-state index is 9.68. The van der Waals surface area contributed by atoms with Crippen LogP contribution in [0, 0.1) is 6.92 Å². The van der Waals surface area contributed by atoms with Crippen LogP contribution >= 0.6 is 0 Å². The Hall–Kier alpha value is -1.82. The van der Waals surface area contributed by atoms with E-state index in [1.165, 1.54) is 19.3 Å². The van der Waals surface area contributed by atoms with E-state index < -0.39 is 0 Å². The van der Waals surface area contributed by atoms with Gasteiger partial charge < -0.3 is 21.1 Å². The smallest absolute Gasteiger partial charge is 0.223 e. The van der Waals surface area contributed by atoms with Crippen LogP contribution in [0.15, 0.2) is 6.20 Å². The molecule has 2 aromatic heterocycles. The number of nitrogens with one attached hydrogen (secondary N) is 2. The van der Waals surface area contributed by atoms with E-state index in [-0.39, 0.29) is 11.4 Å². The number of nitrogens with two attached hydrogens (primary N) is 1. The van der Waals surface area contributed by atoms with Crippen molar-refractivity contribution in [1.29, 1.82) is 0 Å². The lowest BCUT2D eigenvalue weighted by molar-refractivity contribution is 0.311. The molecule has 3 rings (SSSR count). The lowest BCUT2D eigenvalue weighted by Crippen LogP contribution is -2.47. The third-order valence-electron chi connectivity index (χ3n) is 4.15. The van der Waals surface area contributed by atoms with Crippen LogP contribution in [0.25, 0.3) is 10.9 Å². The molecule has 108 valence electrons. The molecule has 0 aliphatic heterocycles. The zero-order chi connectivity index (χ0) is 14.2. The fourth-order valence-electron chi connectivity index (χ4n) is 2.97. The summed E-state index contributed by atoms with van der Waals surface area (Å²) in [4.78, 5) is 11.6. The van der Waals surface area contributed by atoms with Crippen molar-refractivity contribution in [2.24, 2.45) is 5.73 Å². The van der Waals surface area contributed by atoms with Crippen LogP contribution < -0.4 is 11.1 Å². The fraction of sp³-hybridized carbons (Fsp3) is 0.571. The summed E-state index contributed by atoms with van der Waals surface area (Å²) in [6.45, 7) is 2.55. The number of aromatic nitrogens is 3. The minimum atomic E-state index is -0.148. The van der Waals surface area contributed by atoms with Crippen LogP contribution in [-0.4, -0.2) is 32.1 Å². The van der Waals surface area contributed by atoms with E-state index >= 15 is 0 Å². The molecular formula is C14H21N5O. The number of hydrogen-bond acceptors (Lipinski definition) is 5. The van der Waals surface area contributed by atoms with Crippen LogP contribution in [0.2, 0.25) is 0 Å². The summed E-state index contributed by atoms with van der Waals surface area (Å²) in [5.74, 6) is 0.691. The summed E-state index contributed by atoms with van der Waals surface area (Å²) < 4.78 is 0. The predicted molar refractivity (Wildman–Crippen MR) is 78.8 cm³/mol. The average molecular weight is 275 g/mol. The number of H-pyrrole nitrogens is 1. The Morgan fingerprint density at radius 2 is 2.10 bits per heavy atom. The number of aromatic amines is 1. The van der Waals surface area contributed by atoms with Gasteiger partial charge in [0.2, 0.25) is 5.95 Å². The van der Waals surface area contributed by atoms with Gasteiger partial charge in [0.15, 0.2) is 5.88 Å². The zero-order valence-corrected chi connectivity index (χ0v) is 11.7. The van der Waals surface area contributed by atoms with Gasteiger partial charge in [-0.15, -0.1) is 0 Å². The lowest BCUT2D eigenvalue weighted by Gasteiger charge is -2.33. The number of fused-ring (bicyclic) bond motifs is 1. The van der Waals surface area contributed by atoms with E-state index in [2.05, 4.69) is 20.3 Å². The molecule has 5 N–H and O–H groups in total. The molecule has 6 nitrogen and oxygen atoms in total. The number of aryl methyl sites for hydroxylation is 1. The van der Waals surface area contributed by atoms with Gasteiger partial charge in [-0.05, 0) is 19.8 Å². The van der Waals surface area contributed by atoms with Gasteiger partial charge in [-0.3, -0.25) is 0 Å². The highest BCUT2D eigenvalue weighted by Gasteiger charge is 2.27. The largest absolute Gasteiger partial charge is 0.494 e. The van der Waals surface area contributed by atoms with E-state index in [0.717, 1.165) is 18.5 Å². The first-order valence-electron chi connectivity index (χ1n) is 7.15. The summed E-state index contributed by atoms with van der Waals surface area (Å²) in [5.41, 5.74) is 7.72. The van der Waals surface area contributed by atoms with Crippen molar-refractivity contribution in [1.82, 2.24) is 15.0 Å². The predicted octanol–water partition coefficient (Wildman–Crippen LogP) is 2.05. The van der Waals surface area contributed by atoms with E-state index in [1.807, 2.05) is 6.92 Å². The highest BCUT2D eigenvalue weighted by atomic mass is 16.3. The molecule has 20 heavy (non-hydrogen) atoms. The summed E-state index contributed by atoms with van der Waals surface area (Å²) in [6.07, 6.45) is 7.45. The molecule has 2 heterocycles. The second-order valence-corrected chi connectivity index (χ2v) is 5.81. The van der Waals surface area contributed by atoms with Gasteiger partial charge in [0.1, 0.15) is 0 Å². The molecular weight excluding hydrogens is 254 g/mol. The Kier molecular flexibility index (Phi) is 3.25. The van der Waals surface area contributed by atoms with Crippen molar-refractivity contribution in [2.75, 3.05) is 11.9 Å². The van der Waals surface area contributed by atoms with Crippen molar-refractivity contribution in [3.63, 3.8) is 0 Å². The van der Waals surface area contributed by atoms with Gasteiger partial charge in [0.05, 0.1) is 16.6 Å². The molecule has 0 spiro atoms. The first-order valence-corrected chi connectivity index (χ1v) is 7.15. The lowest BCUT2D eigenvalue weighted by atomic mass is 9.82. The molecule has 1 saturated carbocycles. The van der Waals surface area contributed by atoms with Crippen molar-refractivity contribution in [3.8, 4) is 5.88 Å². The van der Waals surface area contributed by atoms with Crippen LogP contribution in [0.1, 0.15) is 37.8 Å². The number of rotatable bonds is 3. The quantitative estimate of drug-likeness (QED) is 0.687. The molecule has 0 atom stereocenters. The van der Waals surface area contributed by atoms with Crippen molar-refractivity contribution < 1.29 is 5.11 Å². The van der Waals surface area contributed by atoms with Gasteiger partial charge in [0, 0.05) is 18.3 Å². The Morgan fingerprint density at radius 1 is 1.35 bits per heavy atom. The first-order chi connectivity index (χ1) is 9.57. The van der Waals surface area contributed by atoms with Crippen molar-refractivity contribution in [2.45, 2.75) is 44.6 Å². The maximum absolute atomic E-state index is 9.68. The topological polar surface area (TPSA) is 99.9 Å². The van der Waals surface area contributed by atoms with E-state index in [9.17, 15) is 5.11 Å². The first kappa shape index (κ1) is 13.2. The summed E-state index contributed by atoms with van der Waals surface area (Å²) >= 11 is 0. The highest BCUT2D eigenvalue weighted by Crippen LogP contribution is 2.27. The van der Waals surface area contributed by atoms with Crippen molar-refractivity contribution in [3.05, 3.63) is 11.9 Å². The van der Waals surface area contributed by atoms with Gasteiger partial charge in [0.25, 0.3) is 0 Å². The molecule has 1 aliphatic carbocycles. The van der Waals surface area contributed by atoms with E-state index in [0.29, 0.717) is 23.4 Å². The monoisotopic (exact) mass is 275 g/mol. The number of anilines is 1. The Bertz CT molecular complexity index is 615. The Labute approximate surface area is 117 Å². The highest BCUT2D eigenvalue weighted by molar-refractivity contribution is 5.86. The maximum Gasteiger partial charge on any atom is 0.223 e. The Morgan fingerprint density at radius 3 is 2.85 bits per heavy atom.